The molecule has 1 N–H and O–H groups in total. The lowest BCUT2D eigenvalue weighted by molar-refractivity contribution is 0.0976. The van der Waals surface area contributed by atoms with Crippen molar-refractivity contribution in [2.75, 3.05) is 0 Å². The molecular formula is C15H10O3. The summed E-state index contributed by atoms with van der Waals surface area (Å²) < 4.78 is 0. The van der Waals surface area contributed by atoms with Crippen molar-refractivity contribution < 1.29 is 14.7 Å². The van der Waals surface area contributed by atoms with Gasteiger partial charge < -0.3 is 5.11 Å². The summed E-state index contributed by atoms with van der Waals surface area (Å²) in [6, 6.07) is 9.82. The van der Waals surface area contributed by atoms with Crippen molar-refractivity contribution in [3.05, 3.63) is 64.2 Å². The summed E-state index contributed by atoms with van der Waals surface area (Å²) in [6.45, 7) is 1.78. The van der Waals surface area contributed by atoms with Crippen LogP contribution >= 0.6 is 0 Å². The van der Waals surface area contributed by atoms with Crippen molar-refractivity contribution in [1.82, 2.24) is 0 Å². The number of ketones is 2. The molecule has 0 aromatic heterocycles. The van der Waals surface area contributed by atoms with Crippen LogP contribution < -0.4 is 0 Å². The second-order valence-corrected chi connectivity index (χ2v) is 4.41. The number of benzene rings is 2. The van der Waals surface area contributed by atoms with Crippen molar-refractivity contribution in [3.63, 3.8) is 0 Å². The van der Waals surface area contributed by atoms with Gasteiger partial charge in [-0.1, -0.05) is 24.3 Å². The first-order chi connectivity index (χ1) is 8.59. The van der Waals surface area contributed by atoms with Crippen LogP contribution in [0.5, 0.6) is 5.75 Å². The highest BCUT2D eigenvalue weighted by molar-refractivity contribution is 6.29. The Bertz CT molecular complexity index is 699. The molecule has 0 bridgehead atoms. The summed E-state index contributed by atoms with van der Waals surface area (Å²) in [5.41, 5.74) is 1.92. The molecule has 0 fully saturated rings. The van der Waals surface area contributed by atoms with Crippen LogP contribution in [0, 0.1) is 6.92 Å². The SMILES string of the molecule is Cc1cc(O)c2c(c1)C(=O)c1ccccc1C2=O. The van der Waals surface area contributed by atoms with Crippen LogP contribution in [0.2, 0.25) is 0 Å². The van der Waals surface area contributed by atoms with Crippen molar-refractivity contribution in [2.45, 2.75) is 6.92 Å². The van der Waals surface area contributed by atoms with Gasteiger partial charge in [0.1, 0.15) is 5.75 Å². The number of hydrogen-bond donors (Lipinski definition) is 1. The Morgan fingerprint density at radius 1 is 0.889 bits per heavy atom. The monoisotopic (exact) mass is 238 g/mol. The van der Waals surface area contributed by atoms with Gasteiger partial charge in [-0.15, -0.1) is 0 Å². The molecule has 1 aliphatic carbocycles. The molecule has 0 saturated heterocycles. The molecule has 0 atom stereocenters. The molecule has 0 aliphatic heterocycles. The molecule has 0 unspecified atom stereocenters. The number of carbonyl (C=O) groups is 2. The Balaban J connectivity index is 2.37. The third-order valence-electron chi connectivity index (χ3n) is 3.15. The lowest BCUT2D eigenvalue weighted by Crippen LogP contribution is -2.21. The predicted molar refractivity (Wildman–Crippen MR) is 66.2 cm³/mol. The maximum Gasteiger partial charge on any atom is 0.198 e. The van der Waals surface area contributed by atoms with Crippen molar-refractivity contribution in [1.29, 1.82) is 0 Å². The number of phenolic OH excluding ortho intramolecular Hbond substituents is 1. The van der Waals surface area contributed by atoms with Gasteiger partial charge in [-0.25, -0.2) is 0 Å². The van der Waals surface area contributed by atoms with E-state index in [2.05, 4.69) is 0 Å². The summed E-state index contributed by atoms with van der Waals surface area (Å²) in [5, 5.41) is 9.88. The minimum absolute atomic E-state index is 0.115. The van der Waals surface area contributed by atoms with Gasteiger partial charge in [0.15, 0.2) is 11.6 Å². The molecule has 2 aromatic rings. The van der Waals surface area contributed by atoms with Gasteiger partial charge >= 0.3 is 0 Å². The quantitative estimate of drug-likeness (QED) is 0.654. The van der Waals surface area contributed by atoms with E-state index < -0.39 is 0 Å². The normalized spacial score (nSPS) is 13.2. The predicted octanol–water partition coefficient (Wildman–Crippen LogP) is 2.48. The maximum atomic E-state index is 12.3. The largest absolute Gasteiger partial charge is 0.507 e. The highest BCUT2D eigenvalue weighted by Crippen LogP contribution is 2.33. The van der Waals surface area contributed by atoms with Crippen LogP contribution in [0.25, 0.3) is 0 Å². The van der Waals surface area contributed by atoms with Crippen molar-refractivity contribution >= 4 is 11.6 Å². The summed E-state index contributed by atoms with van der Waals surface area (Å²) in [7, 11) is 0. The highest BCUT2D eigenvalue weighted by atomic mass is 16.3. The molecule has 3 rings (SSSR count). The van der Waals surface area contributed by atoms with E-state index in [1.165, 1.54) is 6.07 Å². The van der Waals surface area contributed by atoms with Gasteiger partial charge in [0.05, 0.1) is 5.56 Å². The van der Waals surface area contributed by atoms with E-state index in [1.54, 1.807) is 37.3 Å². The Morgan fingerprint density at radius 3 is 2.17 bits per heavy atom. The molecule has 1 aliphatic rings. The van der Waals surface area contributed by atoms with E-state index in [0.717, 1.165) is 5.56 Å². The third-order valence-corrected chi connectivity index (χ3v) is 3.15. The molecule has 0 radical (unpaired) electrons. The minimum atomic E-state index is -0.294. The second-order valence-electron chi connectivity index (χ2n) is 4.41. The Kier molecular flexibility index (Phi) is 2.10. The molecule has 0 heterocycles. The van der Waals surface area contributed by atoms with Gasteiger partial charge in [-0.2, -0.15) is 0 Å². The number of fused-ring (bicyclic) bond motifs is 2. The molecule has 88 valence electrons. The lowest BCUT2D eigenvalue weighted by Gasteiger charge is -2.18. The van der Waals surface area contributed by atoms with E-state index in [1.807, 2.05) is 0 Å². The molecule has 3 nitrogen and oxygen atoms in total. The average molecular weight is 238 g/mol. The molecule has 2 aromatic carbocycles. The minimum Gasteiger partial charge on any atom is -0.507 e. The second kappa shape index (κ2) is 3.53. The Hall–Kier alpha value is -2.42. The van der Waals surface area contributed by atoms with E-state index in [0.29, 0.717) is 11.1 Å². The van der Waals surface area contributed by atoms with Crippen LogP contribution in [0.3, 0.4) is 0 Å². The smallest absolute Gasteiger partial charge is 0.198 e. The van der Waals surface area contributed by atoms with Gasteiger partial charge in [0.25, 0.3) is 0 Å². The van der Waals surface area contributed by atoms with E-state index >= 15 is 0 Å². The molecule has 0 saturated carbocycles. The number of hydrogen-bond acceptors (Lipinski definition) is 3. The van der Waals surface area contributed by atoms with E-state index in [9.17, 15) is 14.7 Å². The van der Waals surface area contributed by atoms with Gasteiger partial charge in [0.2, 0.25) is 0 Å². The fourth-order valence-electron chi connectivity index (χ4n) is 2.34. The van der Waals surface area contributed by atoms with Crippen LogP contribution in [0.15, 0.2) is 36.4 Å². The fourth-order valence-corrected chi connectivity index (χ4v) is 2.34. The first kappa shape index (κ1) is 10.7. The van der Waals surface area contributed by atoms with Crippen LogP contribution in [-0.2, 0) is 0 Å². The topological polar surface area (TPSA) is 54.4 Å². The molecule has 0 amide bonds. The number of aryl methyl sites for hydroxylation is 1. The number of aromatic hydroxyl groups is 1. The van der Waals surface area contributed by atoms with Crippen LogP contribution in [0.4, 0.5) is 0 Å². The fraction of sp³-hybridized carbons (Fsp3) is 0.0667. The standard InChI is InChI=1S/C15H10O3/c1-8-6-11-13(12(16)7-8)15(18)10-5-3-2-4-9(10)14(11)17/h2-7,16H,1H3. The van der Waals surface area contributed by atoms with Gasteiger partial charge in [-0.05, 0) is 24.6 Å². The van der Waals surface area contributed by atoms with Crippen LogP contribution in [0.1, 0.15) is 37.4 Å². The average Bonchev–Trinajstić information content (AvgIpc) is 2.35. The number of rotatable bonds is 0. The lowest BCUT2D eigenvalue weighted by atomic mass is 9.83. The van der Waals surface area contributed by atoms with E-state index in [4.69, 9.17) is 0 Å². The van der Waals surface area contributed by atoms with E-state index in [-0.39, 0.29) is 28.4 Å². The Labute approximate surface area is 104 Å². The molecule has 18 heavy (non-hydrogen) atoms. The van der Waals surface area contributed by atoms with Crippen molar-refractivity contribution in [2.24, 2.45) is 0 Å². The van der Waals surface area contributed by atoms with Crippen LogP contribution in [-0.4, -0.2) is 16.7 Å². The summed E-state index contributed by atoms with van der Waals surface area (Å²) in [6.07, 6.45) is 0. The van der Waals surface area contributed by atoms with Gasteiger partial charge in [0, 0.05) is 16.7 Å². The third kappa shape index (κ3) is 1.31. The Morgan fingerprint density at radius 2 is 1.50 bits per heavy atom. The first-order valence-electron chi connectivity index (χ1n) is 5.61. The summed E-state index contributed by atoms with van der Waals surface area (Å²) in [4.78, 5) is 24.6. The zero-order valence-corrected chi connectivity index (χ0v) is 9.73. The number of carbonyl (C=O) groups excluding carboxylic acids is 2. The van der Waals surface area contributed by atoms with Crippen molar-refractivity contribution in [3.8, 4) is 5.75 Å². The summed E-state index contributed by atoms with van der Waals surface area (Å²) >= 11 is 0. The molecule has 0 spiro atoms. The summed E-state index contributed by atoms with van der Waals surface area (Å²) in [5.74, 6) is -0.630. The zero-order valence-electron chi connectivity index (χ0n) is 9.73. The first-order valence-corrected chi connectivity index (χ1v) is 5.61. The molecule has 3 heteroatoms. The number of phenols is 1. The zero-order chi connectivity index (χ0) is 12.9. The maximum absolute atomic E-state index is 12.3. The van der Waals surface area contributed by atoms with Gasteiger partial charge in [-0.3, -0.25) is 9.59 Å². The highest BCUT2D eigenvalue weighted by Gasteiger charge is 2.31. The molecular weight excluding hydrogens is 228 g/mol.